The average Bonchev–Trinajstić information content (AvgIpc) is 2.54. The van der Waals surface area contributed by atoms with Crippen LogP contribution >= 0.6 is 0 Å². The van der Waals surface area contributed by atoms with Crippen LogP contribution in [-0.4, -0.2) is 22.4 Å². The molecule has 3 aliphatic rings. The maximum Gasteiger partial charge on any atom is 0.0924 e. The minimum Gasteiger partial charge on any atom is -0.387 e. The number of rotatable bonds is 0. The van der Waals surface area contributed by atoms with Gasteiger partial charge < -0.3 is 9.84 Å². The monoisotopic (exact) mass is 236 g/mol. The van der Waals surface area contributed by atoms with Gasteiger partial charge >= 0.3 is 0 Å². The predicted octanol–water partition coefficient (Wildman–Crippen LogP) is 3.05. The highest BCUT2D eigenvalue weighted by molar-refractivity contribution is 5.29. The van der Waals surface area contributed by atoms with Crippen molar-refractivity contribution in [2.45, 2.75) is 70.7 Å². The smallest absolute Gasteiger partial charge is 0.0924 e. The maximum absolute atomic E-state index is 10.5. The van der Waals surface area contributed by atoms with E-state index in [1.165, 1.54) is 5.57 Å². The molecule has 1 unspecified atom stereocenters. The molecule has 2 aliphatic heterocycles. The second kappa shape index (κ2) is 3.16. The van der Waals surface area contributed by atoms with E-state index >= 15 is 0 Å². The maximum atomic E-state index is 10.5. The Hall–Kier alpha value is -0.340. The number of aliphatic hydroxyl groups is 1. The van der Waals surface area contributed by atoms with Gasteiger partial charge in [0, 0.05) is 0 Å². The summed E-state index contributed by atoms with van der Waals surface area (Å²) < 4.78 is 6.29. The van der Waals surface area contributed by atoms with Crippen LogP contribution < -0.4 is 0 Å². The first kappa shape index (κ1) is 11.7. The Labute approximate surface area is 104 Å². The van der Waals surface area contributed by atoms with Gasteiger partial charge in [0.15, 0.2) is 0 Å². The van der Waals surface area contributed by atoms with E-state index in [0.717, 1.165) is 25.7 Å². The molecular formula is C15H24O2. The molecule has 17 heavy (non-hydrogen) atoms. The van der Waals surface area contributed by atoms with E-state index in [9.17, 15) is 5.11 Å². The van der Waals surface area contributed by atoms with E-state index < -0.39 is 5.60 Å². The number of hydrogen-bond acceptors (Lipinski definition) is 2. The standard InChI is InChI=1S/C15H24O2/c1-10-7-13(2,3)8-11-9-14(4,16)12-5-6-15(10,11)17-12/h7,11-12,16H,5-6,8-9H2,1-4H3/t11-,12+,14+,15?/m1/s1. The second-order valence-electron chi connectivity index (χ2n) is 7.31. The van der Waals surface area contributed by atoms with Crippen LogP contribution in [0.25, 0.3) is 0 Å². The van der Waals surface area contributed by atoms with Crippen LogP contribution in [0.1, 0.15) is 53.4 Å². The Balaban J connectivity index is 2.04. The summed E-state index contributed by atoms with van der Waals surface area (Å²) in [4.78, 5) is 0. The Morgan fingerprint density at radius 1 is 1.29 bits per heavy atom. The normalized spacial score (nSPS) is 51.9. The van der Waals surface area contributed by atoms with Crippen molar-refractivity contribution in [3.05, 3.63) is 11.6 Å². The summed E-state index contributed by atoms with van der Waals surface area (Å²) in [7, 11) is 0. The number of fused-ring (bicyclic) bond motifs is 1. The van der Waals surface area contributed by atoms with E-state index in [1.807, 2.05) is 6.92 Å². The summed E-state index contributed by atoms with van der Waals surface area (Å²) in [6.07, 6.45) is 6.57. The summed E-state index contributed by atoms with van der Waals surface area (Å²) in [6, 6.07) is 0. The zero-order chi connectivity index (χ0) is 12.5. The van der Waals surface area contributed by atoms with E-state index in [4.69, 9.17) is 4.74 Å². The van der Waals surface area contributed by atoms with Crippen LogP contribution in [0.3, 0.4) is 0 Å². The molecule has 2 heterocycles. The molecular weight excluding hydrogens is 212 g/mol. The van der Waals surface area contributed by atoms with Crippen LogP contribution in [0.4, 0.5) is 0 Å². The Bertz CT molecular complexity index is 380. The van der Waals surface area contributed by atoms with Crippen molar-refractivity contribution < 1.29 is 9.84 Å². The Kier molecular flexibility index (Phi) is 2.18. The summed E-state index contributed by atoms with van der Waals surface area (Å²) in [5, 5.41) is 10.5. The molecule has 4 atom stereocenters. The molecule has 0 aromatic rings. The van der Waals surface area contributed by atoms with Crippen molar-refractivity contribution in [2.24, 2.45) is 11.3 Å². The quantitative estimate of drug-likeness (QED) is 0.655. The lowest BCUT2D eigenvalue weighted by molar-refractivity contribution is -0.196. The van der Waals surface area contributed by atoms with E-state index in [-0.39, 0.29) is 17.1 Å². The zero-order valence-corrected chi connectivity index (χ0v) is 11.4. The SMILES string of the molecule is CC1=CC(C)(C)C[C@@H]2C[C@](C)(O)[C@@H]3CCC12O3. The first-order chi connectivity index (χ1) is 7.75. The van der Waals surface area contributed by atoms with Gasteiger partial charge in [0.05, 0.1) is 17.3 Å². The van der Waals surface area contributed by atoms with Crippen LogP contribution in [-0.2, 0) is 4.74 Å². The largest absolute Gasteiger partial charge is 0.387 e. The van der Waals surface area contributed by atoms with Gasteiger partial charge in [0.2, 0.25) is 0 Å². The van der Waals surface area contributed by atoms with Crippen molar-refractivity contribution in [3.8, 4) is 0 Å². The highest BCUT2D eigenvalue weighted by Crippen LogP contribution is 2.58. The molecule has 2 fully saturated rings. The molecule has 1 aliphatic carbocycles. The fraction of sp³-hybridized carbons (Fsp3) is 0.867. The van der Waals surface area contributed by atoms with Gasteiger partial charge in [0.25, 0.3) is 0 Å². The molecule has 96 valence electrons. The van der Waals surface area contributed by atoms with E-state index in [0.29, 0.717) is 5.92 Å². The number of allylic oxidation sites excluding steroid dienone is 1. The molecule has 0 aromatic heterocycles. The topological polar surface area (TPSA) is 29.5 Å². The lowest BCUT2D eigenvalue weighted by atomic mass is 9.62. The third-order valence-electron chi connectivity index (χ3n) is 5.19. The molecule has 0 radical (unpaired) electrons. The van der Waals surface area contributed by atoms with E-state index in [1.54, 1.807) is 0 Å². The highest BCUT2D eigenvalue weighted by atomic mass is 16.5. The third-order valence-corrected chi connectivity index (χ3v) is 5.19. The predicted molar refractivity (Wildman–Crippen MR) is 67.7 cm³/mol. The lowest BCUT2D eigenvalue weighted by Gasteiger charge is -2.52. The summed E-state index contributed by atoms with van der Waals surface area (Å²) in [5.74, 6) is 0.483. The third kappa shape index (κ3) is 1.53. The highest BCUT2D eigenvalue weighted by Gasteiger charge is 2.60. The molecule has 0 amide bonds. The molecule has 3 rings (SSSR count). The van der Waals surface area contributed by atoms with Crippen LogP contribution in [0.5, 0.6) is 0 Å². The van der Waals surface area contributed by atoms with Gasteiger partial charge in [0.1, 0.15) is 0 Å². The minimum atomic E-state index is -0.627. The van der Waals surface area contributed by atoms with Crippen molar-refractivity contribution >= 4 is 0 Å². The molecule has 2 nitrogen and oxygen atoms in total. The van der Waals surface area contributed by atoms with Crippen LogP contribution in [0.15, 0.2) is 11.6 Å². The average molecular weight is 236 g/mol. The number of hydrogen-bond donors (Lipinski definition) is 1. The molecule has 1 spiro atoms. The van der Waals surface area contributed by atoms with Gasteiger partial charge in [-0.1, -0.05) is 19.9 Å². The van der Waals surface area contributed by atoms with Crippen LogP contribution in [0, 0.1) is 11.3 Å². The van der Waals surface area contributed by atoms with Crippen molar-refractivity contribution in [2.75, 3.05) is 0 Å². The second-order valence-corrected chi connectivity index (χ2v) is 7.31. The van der Waals surface area contributed by atoms with Crippen molar-refractivity contribution in [3.63, 3.8) is 0 Å². The van der Waals surface area contributed by atoms with Gasteiger partial charge in [-0.3, -0.25) is 0 Å². The number of ether oxygens (including phenoxy) is 1. The molecule has 2 saturated heterocycles. The molecule has 2 bridgehead atoms. The van der Waals surface area contributed by atoms with Gasteiger partial charge in [-0.2, -0.15) is 0 Å². The molecule has 2 heteroatoms. The summed E-state index contributed by atoms with van der Waals surface area (Å²) in [6.45, 7) is 8.75. The Morgan fingerprint density at radius 3 is 2.71 bits per heavy atom. The van der Waals surface area contributed by atoms with Gasteiger partial charge in [-0.05, 0) is 56.4 Å². The summed E-state index contributed by atoms with van der Waals surface area (Å²) in [5.41, 5.74) is 0.979. The van der Waals surface area contributed by atoms with Gasteiger partial charge in [-0.25, -0.2) is 0 Å². The molecule has 1 N–H and O–H groups in total. The zero-order valence-electron chi connectivity index (χ0n) is 11.4. The fourth-order valence-corrected chi connectivity index (χ4v) is 4.50. The fourth-order valence-electron chi connectivity index (χ4n) is 4.50. The molecule has 0 aromatic carbocycles. The van der Waals surface area contributed by atoms with Crippen LogP contribution in [0.2, 0.25) is 0 Å². The first-order valence-electron chi connectivity index (χ1n) is 6.85. The van der Waals surface area contributed by atoms with Crippen molar-refractivity contribution in [1.82, 2.24) is 0 Å². The Morgan fingerprint density at radius 2 is 2.00 bits per heavy atom. The first-order valence-corrected chi connectivity index (χ1v) is 6.85. The van der Waals surface area contributed by atoms with Crippen molar-refractivity contribution in [1.29, 1.82) is 0 Å². The minimum absolute atomic E-state index is 0.0393. The molecule has 0 saturated carbocycles. The van der Waals surface area contributed by atoms with Gasteiger partial charge in [-0.15, -0.1) is 0 Å². The lowest BCUT2D eigenvalue weighted by Crippen LogP contribution is -2.55. The summed E-state index contributed by atoms with van der Waals surface area (Å²) >= 11 is 0. The van der Waals surface area contributed by atoms with E-state index in [2.05, 4.69) is 26.8 Å².